The molecule has 0 radical (unpaired) electrons. The number of nitrogens with one attached hydrogen (secondary N) is 1. The van der Waals surface area contributed by atoms with E-state index in [0.717, 1.165) is 23.2 Å². The van der Waals surface area contributed by atoms with E-state index >= 15 is 0 Å². The van der Waals surface area contributed by atoms with Crippen molar-refractivity contribution in [3.8, 4) is 11.5 Å². The molecule has 1 fully saturated rings. The van der Waals surface area contributed by atoms with Gasteiger partial charge in [0.15, 0.2) is 11.5 Å². The SMILES string of the molecule is COc1cc(I)c(C(=O)NCC2CN(Cc3ccccc3)CCO2)cc1OC. The Morgan fingerprint density at radius 2 is 1.93 bits per heavy atom. The molecule has 1 aliphatic heterocycles. The molecule has 28 heavy (non-hydrogen) atoms. The molecular formula is C21H25IN2O4. The van der Waals surface area contributed by atoms with E-state index in [9.17, 15) is 4.79 Å². The molecule has 2 aromatic rings. The lowest BCUT2D eigenvalue weighted by molar-refractivity contribution is -0.0292. The molecule has 6 nitrogen and oxygen atoms in total. The maximum atomic E-state index is 12.7. The second-order valence-corrected chi connectivity index (χ2v) is 7.77. The molecule has 0 aromatic heterocycles. The van der Waals surface area contributed by atoms with Crippen LogP contribution in [0.1, 0.15) is 15.9 Å². The Hall–Kier alpha value is -1.84. The van der Waals surface area contributed by atoms with Crippen molar-refractivity contribution < 1.29 is 19.0 Å². The molecule has 0 bridgehead atoms. The van der Waals surface area contributed by atoms with Gasteiger partial charge in [-0.2, -0.15) is 0 Å². The number of carbonyl (C=O) groups is 1. The number of carbonyl (C=O) groups excluding carboxylic acids is 1. The quantitative estimate of drug-likeness (QED) is 0.598. The van der Waals surface area contributed by atoms with E-state index in [0.29, 0.717) is 30.2 Å². The summed E-state index contributed by atoms with van der Waals surface area (Å²) >= 11 is 2.13. The van der Waals surface area contributed by atoms with E-state index in [1.807, 2.05) is 6.07 Å². The zero-order chi connectivity index (χ0) is 19.9. The molecule has 150 valence electrons. The molecule has 7 heteroatoms. The minimum atomic E-state index is -0.144. The lowest BCUT2D eigenvalue weighted by atomic mass is 10.1. The molecule has 1 amide bonds. The van der Waals surface area contributed by atoms with Crippen LogP contribution >= 0.6 is 22.6 Å². The Kier molecular flexibility index (Phi) is 7.52. The number of hydrogen-bond acceptors (Lipinski definition) is 5. The summed E-state index contributed by atoms with van der Waals surface area (Å²) in [4.78, 5) is 15.0. The highest BCUT2D eigenvalue weighted by Gasteiger charge is 2.22. The molecule has 1 heterocycles. The van der Waals surface area contributed by atoms with Gasteiger partial charge < -0.3 is 19.5 Å². The number of morpholine rings is 1. The van der Waals surface area contributed by atoms with E-state index in [1.54, 1.807) is 26.4 Å². The third kappa shape index (κ3) is 5.36. The van der Waals surface area contributed by atoms with Crippen LogP contribution in [0.5, 0.6) is 11.5 Å². The van der Waals surface area contributed by atoms with Crippen LogP contribution in [0.15, 0.2) is 42.5 Å². The molecule has 3 rings (SSSR count). The van der Waals surface area contributed by atoms with Crippen LogP contribution in [0.2, 0.25) is 0 Å². The smallest absolute Gasteiger partial charge is 0.252 e. The van der Waals surface area contributed by atoms with E-state index in [-0.39, 0.29) is 12.0 Å². The minimum absolute atomic E-state index is 0.0285. The van der Waals surface area contributed by atoms with Crippen molar-refractivity contribution in [2.45, 2.75) is 12.6 Å². The van der Waals surface area contributed by atoms with Gasteiger partial charge in [0.2, 0.25) is 0 Å². The Labute approximate surface area is 179 Å². The number of ether oxygens (including phenoxy) is 3. The van der Waals surface area contributed by atoms with E-state index in [2.05, 4.69) is 57.1 Å². The zero-order valence-corrected chi connectivity index (χ0v) is 18.3. The Balaban J connectivity index is 1.57. The molecule has 1 N–H and O–H groups in total. The van der Waals surface area contributed by atoms with Crippen molar-refractivity contribution in [3.05, 3.63) is 57.2 Å². The standard InChI is InChI=1S/C21H25IN2O4/c1-26-19-10-17(18(22)11-20(19)27-2)21(25)23-12-16-14-24(8-9-28-16)13-15-6-4-3-5-7-15/h3-7,10-11,16H,8-9,12-14H2,1-2H3,(H,23,25). The first kappa shape index (κ1) is 20.9. The van der Waals surface area contributed by atoms with Crippen molar-refractivity contribution in [2.75, 3.05) is 40.5 Å². The molecule has 1 aliphatic rings. The van der Waals surface area contributed by atoms with Gasteiger partial charge in [-0.1, -0.05) is 30.3 Å². The second-order valence-electron chi connectivity index (χ2n) is 6.61. The molecule has 2 aromatic carbocycles. The van der Waals surface area contributed by atoms with Crippen LogP contribution in [-0.4, -0.2) is 57.4 Å². The van der Waals surface area contributed by atoms with E-state index in [1.165, 1.54) is 5.56 Å². The van der Waals surface area contributed by atoms with Gasteiger partial charge in [-0.25, -0.2) is 0 Å². The Morgan fingerprint density at radius 3 is 2.64 bits per heavy atom. The summed E-state index contributed by atoms with van der Waals surface area (Å²) < 4.78 is 17.2. The summed E-state index contributed by atoms with van der Waals surface area (Å²) in [5.41, 5.74) is 1.85. The van der Waals surface area contributed by atoms with Crippen molar-refractivity contribution in [1.29, 1.82) is 0 Å². The minimum Gasteiger partial charge on any atom is -0.493 e. The van der Waals surface area contributed by atoms with Gasteiger partial charge in [-0.05, 0) is 40.3 Å². The lowest BCUT2D eigenvalue weighted by Gasteiger charge is -2.33. The van der Waals surface area contributed by atoms with Gasteiger partial charge in [0.1, 0.15) is 0 Å². The topological polar surface area (TPSA) is 60.0 Å². The Bertz CT molecular complexity index is 800. The maximum Gasteiger partial charge on any atom is 0.252 e. The predicted octanol–water partition coefficient (Wildman–Crippen LogP) is 2.94. The summed E-state index contributed by atoms with van der Waals surface area (Å²) in [6.45, 7) is 3.71. The highest BCUT2D eigenvalue weighted by Crippen LogP contribution is 2.31. The number of hydrogen-bond donors (Lipinski definition) is 1. The average Bonchev–Trinajstić information content (AvgIpc) is 2.72. The van der Waals surface area contributed by atoms with Crippen LogP contribution < -0.4 is 14.8 Å². The maximum absolute atomic E-state index is 12.7. The summed E-state index contributed by atoms with van der Waals surface area (Å²) in [7, 11) is 3.14. The number of benzene rings is 2. The zero-order valence-electron chi connectivity index (χ0n) is 16.1. The summed E-state index contributed by atoms with van der Waals surface area (Å²) in [5, 5.41) is 2.99. The average molecular weight is 496 g/mol. The fraction of sp³-hybridized carbons (Fsp3) is 0.381. The van der Waals surface area contributed by atoms with Crippen LogP contribution in [-0.2, 0) is 11.3 Å². The van der Waals surface area contributed by atoms with Crippen molar-refractivity contribution in [3.63, 3.8) is 0 Å². The summed E-state index contributed by atoms with van der Waals surface area (Å²) in [5.74, 6) is 1.00. The van der Waals surface area contributed by atoms with Crippen LogP contribution in [0.25, 0.3) is 0 Å². The van der Waals surface area contributed by atoms with E-state index < -0.39 is 0 Å². The molecule has 0 spiro atoms. The van der Waals surface area contributed by atoms with Crippen LogP contribution in [0.4, 0.5) is 0 Å². The monoisotopic (exact) mass is 496 g/mol. The lowest BCUT2D eigenvalue weighted by Crippen LogP contribution is -2.47. The number of rotatable bonds is 7. The van der Waals surface area contributed by atoms with E-state index in [4.69, 9.17) is 14.2 Å². The second kappa shape index (κ2) is 10.1. The summed E-state index contributed by atoms with van der Waals surface area (Å²) in [6, 6.07) is 13.9. The predicted molar refractivity (Wildman–Crippen MR) is 116 cm³/mol. The highest BCUT2D eigenvalue weighted by atomic mass is 127. The Morgan fingerprint density at radius 1 is 1.21 bits per heavy atom. The number of halogens is 1. The molecule has 1 unspecified atom stereocenters. The van der Waals surface area contributed by atoms with Crippen LogP contribution in [0, 0.1) is 3.57 Å². The normalized spacial score (nSPS) is 17.2. The van der Waals surface area contributed by atoms with Gasteiger partial charge >= 0.3 is 0 Å². The van der Waals surface area contributed by atoms with Gasteiger partial charge in [-0.3, -0.25) is 9.69 Å². The van der Waals surface area contributed by atoms with Crippen molar-refractivity contribution >= 4 is 28.5 Å². The third-order valence-electron chi connectivity index (χ3n) is 4.68. The van der Waals surface area contributed by atoms with Gasteiger partial charge in [0.25, 0.3) is 5.91 Å². The number of amides is 1. The van der Waals surface area contributed by atoms with Crippen molar-refractivity contribution in [1.82, 2.24) is 10.2 Å². The van der Waals surface area contributed by atoms with Gasteiger partial charge in [0, 0.05) is 29.7 Å². The van der Waals surface area contributed by atoms with Gasteiger partial charge in [-0.15, -0.1) is 0 Å². The van der Waals surface area contributed by atoms with Crippen molar-refractivity contribution in [2.24, 2.45) is 0 Å². The number of nitrogens with zero attached hydrogens (tertiary/aromatic N) is 1. The molecule has 1 atom stereocenters. The fourth-order valence-electron chi connectivity index (χ4n) is 3.22. The molecule has 0 aliphatic carbocycles. The van der Waals surface area contributed by atoms with Crippen LogP contribution in [0.3, 0.4) is 0 Å². The summed E-state index contributed by atoms with van der Waals surface area (Å²) in [6.07, 6.45) is -0.0285. The first-order valence-electron chi connectivity index (χ1n) is 9.18. The molecule has 0 saturated carbocycles. The molecular weight excluding hydrogens is 471 g/mol. The first-order valence-corrected chi connectivity index (χ1v) is 10.3. The van der Waals surface area contributed by atoms with Gasteiger partial charge in [0.05, 0.1) is 32.5 Å². The highest BCUT2D eigenvalue weighted by molar-refractivity contribution is 14.1. The molecule has 1 saturated heterocycles. The largest absolute Gasteiger partial charge is 0.493 e. The third-order valence-corrected chi connectivity index (χ3v) is 5.57. The first-order chi connectivity index (χ1) is 13.6. The number of methoxy groups -OCH3 is 2. The fourth-order valence-corrected chi connectivity index (χ4v) is 3.90.